The molecule has 7 nitrogen and oxygen atoms in total. The van der Waals surface area contributed by atoms with E-state index in [0.717, 1.165) is 5.56 Å². The zero-order chi connectivity index (χ0) is 22.7. The minimum atomic E-state index is -0.560. The molecule has 2 aromatic carbocycles. The summed E-state index contributed by atoms with van der Waals surface area (Å²) in [6.45, 7) is 1.80. The van der Waals surface area contributed by atoms with Crippen LogP contribution < -0.4 is 16.0 Å². The molecule has 3 aromatic rings. The lowest BCUT2D eigenvalue weighted by Crippen LogP contribution is -2.45. The highest BCUT2D eigenvalue weighted by Crippen LogP contribution is 2.32. The number of hydrogen-bond donors (Lipinski definition) is 3. The maximum absolute atomic E-state index is 13.1. The molecule has 3 N–H and O–H groups in total. The number of carbonyl (C=O) groups excluding carboxylic acids is 2. The normalized spacial score (nSPS) is 15.6. The predicted octanol–water partition coefficient (Wildman–Crippen LogP) is 4.16. The second-order valence-corrected chi connectivity index (χ2v) is 7.57. The lowest BCUT2D eigenvalue weighted by molar-refractivity contribution is -0.113. The van der Waals surface area contributed by atoms with Crippen LogP contribution in [0.15, 0.2) is 82.4 Å². The van der Waals surface area contributed by atoms with Crippen LogP contribution in [0.2, 0.25) is 0 Å². The van der Waals surface area contributed by atoms with Gasteiger partial charge in [-0.1, -0.05) is 30.3 Å². The topological polar surface area (TPSA) is 92.6 Å². The van der Waals surface area contributed by atoms with Gasteiger partial charge in [-0.15, -0.1) is 0 Å². The number of anilines is 1. The van der Waals surface area contributed by atoms with Crippen molar-refractivity contribution >= 4 is 34.9 Å². The number of esters is 1. The van der Waals surface area contributed by atoms with E-state index >= 15 is 0 Å². The van der Waals surface area contributed by atoms with E-state index in [1.807, 2.05) is 36.4 Å². The van der Waals surface area contributed by atoms with Gasteiger partial charge in [0.05, 0.1) is 18.2 Å². The fourth-order valence-electron chi connectivity index (χ4n) is 3.48. The number of hydrogen-bond acceptors (Lipinski definition) is 5. The number of nitrogens with one attached hydrogen (secondary N) is 3. The zero-order valence-corrected chi connectivity index (χ0v) is 18.3. The molecule has 1 amide bonds. The van der Waals surface area contributed by atoms with E-state index < -0.39 is 12.0 Å². The Balaban J connectivity index is 1.62. The molecule has 1 aliphatic rings. The van der Waals surface area contributed by atoms with Gasteiger partial charge in [0.15, 0.2) is 5.11 Å². The number of amides is 1. The first-order chi connectivity index (χ1) is 15.5. The van der Waals surface area contributed by atoms with E-state index in [0.29, 0.717) is 39.2 Å². The first-order valence-corrected chi connectivity index (χ1v) is 10.3. The number of thiocarbonyl (C=S) groups is 1. The third-order valence-electron chi connectivity index (χ3n) is 5.05. The van der Waals surface area contributed by atoms with Gasteiger partial charge in [0.2, 0.25) is 0 Å². The van der Waals surface area contributed by atoms with Crippen LogP contribution in [0, 0.1) is 0 Å². The summed E-state index contributed by atoms with van der Waals surface area (Å²) in [6.07, 6.45) is 0. The van der Waals surface area contributed by atoms with Gasteiger partial charge in [0.1, 0.15) is 17.6 Å². The first-order valence-electron chi connectivity index (χ1n) is 9.89. The number of para-hydroxylation sites is 1. The SMILES string of the molecule is COC(=O)c1ccc(-c2ccc([C@H]3NC(=S)NC(C)=C3C(=O)Nc3ccccc3)o2)cc1. The summed E-state index contributed by atoms with van der Waals surface area (Å²) >= 11 is 5.31. The summed E-state index contributed by atoms with van der Waals surface area (Å²) in [4.78, 5) is 24.7. The minimum absolute atomic E-state index is 0.262. The maximum atomic E-state index is 13.1. The molecule has 162 valence electrons. The molecule has 4 rings (SSSR count). The van der Waals surface area contributed by atoms with Crippen molar-refractivity contribution in [3.05, 3.63) is 89.3 Å². The molecule has 8 heteroatoms. The van der Waals surface area contributed by atoms with Crippen LogP contribution in [-0.4, -0.2) is 24.1 Å². The molecule has 2 heterocycles. The molecule has 0 aliphatic carbocycles. The molecule has 0 bridgehead atoms. The van der Waals surface area contributed by atoms with Gasteiger partial charge in [-0.25, -0.2) is 4.79 Å². The van der Waals surface area contributed by atoms with Crippen molar-refractivity contribution in [3.63, 3.8) is 0 Å². The van der Waals surface area contributed by atoms with Crippen LogP contribution in [0.25, 0.3) is 11.3 Å². The second kappa shape index (κ2) is 9.07. The number of furan rings is 1. The molecule has 0 fully saturated rings. The highest BCUT2D eigenvalue weighted by molar-refractivity contribution is 7.80. The summed E-state index contributed by atoms with van der Waals surface area (Å²) in [5.41, 5.74) is 3.05. The Bertz CT molecular complexity index is 1200. The molecule has 0 unspecified atom stereocenters. The lowest BCUT2D eigenvalue weighted by Gasteiger charge is -2.28. The minimum Gasteiger partial charge on any atom is -0.465 e. The van der Waals surface area contributed by atoms with Crippen molar-refractivity contribution in [2.75, 3.05) is 12.4 Å². The van der Waals surface area contributed by atoms with Gasteiger partial charge < -0.3 is 25.1 Å². The Morgan fingerprint density at radius 1 is 1.03 bits per heavy atom. The average Bonchev–Trinajstić information content (AvgIpc) is 3.29. The van der Waals surface area contributed by atoms with Gasteiger partial charge >= 0.3 is 5.97 Å². The largest absolute Gasteiger partial charge is 0.465 e. The van der Waals surface area contributed by atoms with Crippen molar-refractivity contribution in [1.29, 1.82) is 0 Å². The van der Waals surface area contributed by atoms with Crippen LogP contribution >= 0.6 is 12.2 Å². The van der Waals surface area contributed by atoms with Crippen molar-refractivity contribution in [1.82, 2.24) is 10.6 Å². The number of methoxy groups -OCH3 is 1. The third kappa shape index (κ3) is 4.40. The average molecular weight is 448 g/mol. The van der Waals surface area contributed by atoms with Crippen LogP contribution in [0.4, 0.5) is 5.69 Å². The molecule has 1 atom stereocenters. The molecule has 1 aliphatic heterocycles. The molecule has 0 spiro atoms. The van der Waals surface area contributed by atoms with Crippen LogP contribution in [0.3, 0.4) is 0 Å². The summed E-state index contributed by atoms with van der Waals surface area (Å²) in [5, 5.41) is 9.45. The standard InChI is InChI=1S/C24H21N3O4S/c1-14-20(22(28)26-17-6-4-3-5-7-17)21(27-24(32)25-14)19-13-12-18(31-19)15-8-10-16(11-9-15)23(29)30-2/h3-13,21H,1-2H3,(H,26,28)(H2,25,27,32)/t21-/m1/s1. The monoisotopic (exact) mass is 447 g/mol. The number of rotatable bonds is 5. The van der Waals surface area contributed by atoms with E-state index in [9.17, 15) is 9.59 Å². The van der Waals surface area contributed by atoms with Gasteiger partial charge in [-0.05, 0) is 55.5 Å². The van der Waals surface area contributed by atoms with Gasteiger partial charge in [0, 0.05) is 16.9 Å². The van der Waals surface area contributed by atoms with E-state index in [2.05, 4.69) is 16.0 Å². The Morgan fingerprint density at radius 2 is 1.75 bits per heavy atom. The maximum Gasteiger partial charge on any atom is 0.337 e. The Labute approximate surface area is 190 Å². The Kier molecular flexibility index (Phi) is 6.04. The van der Waals surface area contributed by atoms with Crippen LogP contribution in [0.5, 0.6) is 0 Å². The predicted molar refractivity (Wildman–Crippen MR) is 125 cm³/mol. The third-order valence-corrected chi connectivity index (χ3v) is 5.27. The molecule has 1 aromatic heterocycles. The molecule has 0 saturated carbocycles. The van der Waals surface area contributed by atoms with Crippen molar-refractivity contribution in [2.45, 2.75) is 13.0 Å². The summed E-state index contributed by atoms with van der Waals surface area (Å²) in [6, 6.07) is 19.2. The zero-order valence-electron chi connectivity index (χ0n) is 17.5. The lowest BCUT2D eigenvalue weighted by atomic mass is 10.00. The molecule has 0 radical (unpaired) electrons. The summed E-state index contributed by atoms with van der Waals surface area (Å²) < 4.78 is 10.8. The highest BCUT2D eigenvalue weighted by atomic mass is 32.1. The van der Waals surface area contributed by atoms with Gasteiger partial charge in [0.25, 0.3) is 5.91 Å². The van der Waals surface area contributed by atoms with E-state index in [-0.39, 0.29) is 5.91 Å². The Morgan fingerprint density at radius 3 is 2.44 bits per heavy atom. The molecule has 32 heavy (non-hydrogen) atoms. The van der Waals surface area contributed by atoms with Gasteiger partial charge in [-0.2, -0.15) is 0 Å². The summed E-state index contributed by atoms with van der Waals surface area (Å²) in [7, 11) is 1.34. The van der Waals surface area contributed by atoms with E-state index in [1.165, 1.54) is 7.11 Å². The molecular formula is C24H21N3O4S. The molecule has 0 saturated heterocycles. The first kappa shape index (κ1) is 21.3. The van der Waals surface area contributed by atoms with E-state index in [1.54, 1.807) is 37.3 Å². The highest BCUT2D eigenvalue weighted by Gasteiger charge is 2.32. The molecular weight excluding hydrogens is 426 g/mol. The fourth-order valence-corrected chi connectivity index (χ4v) is 3.75. The fraction of sp³-hybridized carbons (Fsp3) is 0.125. The Hall–Kier alpha value is -3.91. The number of ether oxygens (including phenoxy) is 1. The number of benzene rings is 2. The van der Waals surface area contributed by atoms with Crippen molar-refractivity contribution < 1.29 is 18.7 Å². The van der Waals surface area contributed by atoms with E-state index in [4.69, 9.17) is 21.4 Å². The second-order valence-electron chi connectivity index (χ2n) is 7.16. The quantitative estimate of drug-likeness (QED) is 0.399. The van der Waals surface area contributed by atoms with Crippen molar-refractivity contribution in [3.8, 4) is 11.3 Å². The number of carbonyl (C=O) groups is 2. The van der Waals surface area contributed by atoms with Crippen molar-refractivity contribution in [2.24, 2.45) is 0 Å². The smallest absolute Gasteiger partial charge is 0.337 e. The summed E-state index contributed by atoms with van der Waals surface area (Å²) in [5.74, 6) is 0.474. The van der Waals surface area contributed by atoms with Gasteiger partial charge in [-0.3, -0.25) is 4.79 Å². The number of allylic oxidation sites excluding steroid dienone is 1. The van der Waals surface area contributed by atoms with Crippen LogP contribution in [-0.2, 0) is 9.53 Å². The van der Waals surface area contributed by atoms with Crippen LogP contribution in [0.1, 0.15) is 29.1 Å².